The molecule has 9 heteroatoms. The Balaban J connectivity index is 0.00000176. The fourth-order valence-electron chi connectivity index (χ4n) is 2.11. The van der Waals surface area contributed by atoms with Crippen LogP contribution in [0.2, 0.25) is 0 Å². The third-order valence-electron chi connectivity index (χ3n) is 2.95. The van der Waals surface area contributed by atoms with E-state index in [0.29, 0.717) is 5.56 Å². The molecule has 0 aliphatic rings. The van der Waals surface area contributed by atoms with E-state index in [1.54, 1.807) is 20.8 Å². The standard InChI is InChI=1S/C16H18F3N3O3.C2H6/c1-16(2,3)25-15(23)20-13-12(24-14(18)19)11(22(4)21-13)9-5-7-10(17)8-6-9;1-2/h5-8,14H,1-4H3,(H,20,21,23);1-2H3. The van der Waals surface area contributed by atoms with E-state index in [2.05, 4.69) is 15.2 Å². The minimum absolute atomic E-state index is 0.159. The highest BCUT2D eigenvalue weighted by Crippen LogP contribution is 2.37. The number of carbonyl (C=O) groups excluding carboxylic acids is 1. The Bertz CT molecular complexity index is 754. The molecule has 1 aromatic heterocycles. The van der Waals surface area contributed by atoms with Crippen LogP contribution in [0.5, 0.6) is 5.75 Å². The quantitative estimate of drug-likeness (QED) is 0.783. The van der Waals surface area contributed by atoms with Crippen molar-refractivity contribution in [2.24, 2.45) is 7.05 Å². The van der Waals surface area contributed by atoms with Gasteiger partial charge in [0.05, 0.1) is 0 Å². The van der Waals surface area contributed by atoms with Gasteiger partial charge in [-0.1, -0.05) is 13.8 Å². The lowest BCUT2D eigenvalue weighted by molar-refractivity contribution is -0.0490. The third-order valence-corrected chi connectivity index (χ3v) is 2.95. The van der Waals surface area contributed by atoms with E-state index in [0.717, 1.165) is 0 Å². The van der Waals surface area contributed by atoms with Crippen molar-refractivity contribution in [3.05, 3.63) is 30.1 Å². The number of hydrogen-bond donors (Lipinski definition) is 1. The van der Waals surface area contributed by atoms with Crippen LogP contribution in [-0.4, -0.2) is 28.1 Å². The molecule has 27 heavy (non-hydrogen) atoms. The van der Waals surface area contributed by atoms with Crippen molar-refractivity contribution in [1.29, 1.82) is 0 Å². The van der Waals surface area contributed by atoms with Gasteiger partial charge in [-0.2, -0.15) is 13.9 Å². The average molecular weight is 387 g/mol. The first-order valence-corrected chi connectivity index (χ1v) is 8.34. The number of rotatable bonds is 4. The molecule has 0 fully saturated rings. The minimum atomic E-state index is -3.14. The monoisotopic (exact) mass is 387 g/mol. The second kappa shape index (κ2) is 9.29. The van der Waals surface area contributed by atoms with E-state index >= 15 is 0 Å². The molecule has 0 spiro atoms. The summed E-state index contributed by atoms with van der Waals surface area (Å²) in [5, 5.41) is 6.27. The number of ether oxygens (including phenoxy) is 2. The molecular formula is C18H24F3N3O3. The van der Waals surface area contributed by atoms with Gasteiger partial charge in [0.15, 0.2) is 5.75 Å². The van der Waals surface area contributed by atoms with Crippen LogP contribution < -0.4 is 10.1 Å². The number of nitrogens with one attached hydrogen (secondary N) is 1. The molecular weight excluding hydrogens is 363 g/mol. The summed E-state index contributed by atoms with van der Waals surface area (Å²) in [6.45, 7) is 5.84. The number of halogens is 3. The summed E-state index contributed by atoms with van der Waals surface area (Å²) in [6, 6.07) is 5.13. The predicted molar refractivity (Wildman–Crippen MR) is 96.4 cm³/mol. The average Bonchev–Trinajstić information content (AvgIpc) is 2.83. The molecule has 6 nitrogen and oxygen atoms in total. The molecule has 0 unspecified atom stereocenters. The Morgan fingerprint density at radius 2 is 1.74 bits per heavy atom. The summed E-state index contributed by atoms with van der Waals surface area (Å²) in [7, 11) is 1.48. The van der Waals surface area contributed by atoms with Crippen LogP contribution in [0, 0.1) is 5.82 Å². The molecule has 2 rings (SSSR count). The molecule has 0 saturated heterocycles. The molecule has 1 amide bonds. The smallest absolute Gasteiger partial charge is 0.413 e. The summed E-state index contributed by atoms with van der Waals surface area (Å²) >= 11 is 0. The van der Waals surface area contributed by atoms with E-state index in [1.165, 1.54) is 36.0 Å². The molecule has 0 radical (unpaired) electrons. The van der Waals surface area contributed by atoms with Crippen molar-refractivity contribution in [3.63, 3.8) is 0 Å². The number of benzene rings is 1. The Kier molecular flexibility index (Phi) is 7.68. The number of alkyl halides is 2. The van der Waals surface area contributed by atoms with Crippen LogP contribution in [0.1, 0.15) is 34.6 Å². The van der Waals surface area contributed by atoms with Gasteiger partial charge in [0, 0.05) is 12.6 Å². The second-order valence-electron chi connectivity index (χ2n) is 6.16. The molecule has 0 atom stereocenters. The van der Waals surface area contributed by atoms with Gasteiger partial charge in [-0.25, -0.2) is 9.18 Å². The number of nitrogens with zero attached hydrogens (tertiary/aromatic N) is 2. The fraction of sp³-hybridized carbons (Fsp3) is 0.444. The SMILES string of the molecule is CC.Cn1nc(NC(=O)OC(C)(C)C)c(OC(F)F)c1-c1ccc(F)cc1. The topological polar surface area (TPSA) is 65.4 Å². The highest BCUT2D eigenvalue weighted by atomic mass is 19.3. The van der Waals surface area contributed by atoms with Crippen molar-refractivity contribution >= 4 is 11.9 Å². The van der Waals surface area contributed by atoms with Crippen molar-refractivity contribution in [2.75, 3.05) is 5.32 Å². The van der Waals surface area contributed by atoms with E-state index in [4.69, 9.17) is 4.74 Å². The number of hydrogen-bond acceptors (Lipinski definition) is 4. The lowest BCUT2D eigenvalue weighted by Gasteiger charge is -2.19. The molecule has 150 valence electrons. The van der Waals surface area contributed by atoms with E-state index in [1.807, 2.05) is 13.8 Å². The Morgan fingerprint density at radius 3 is 2.22 bits per heavy atom. The number of aromatic nitrogens is 2. The predicted octanol–water partition coefficient (Wildman–Crippen LogP) is 5.20. The van der Waals surface area contributed by atoms with E-state index in [-0.39, 0.29) is 17.3 Å². The van der Waals surface area contributed by atoms with Crippen molar-refractivity contribution in [2.45, 2.75) is 46.8 Å². The first-order valence-electron chi connectivity index (χ1n) is 8.34. The van der Waals surface area contributed by atoms with Crippen LogP contribution in [0.4, 0.5) is 23.8 Å². The normalized spacial score (nSPS) is 10.9. The summed E-state index contributed by atoms with van der Waals surface area (Å²) in [5.41, 5.74) is -0.224. The summed E-state index contributed by atoms with van der Waals surface area (Å²) in [5.74, 6) is -1.04. The molecule has 0 aliphatic carbocycles. The van der Waals surface area contributed by atoms with E-state index < -0.39 is 24.1 Å². The molecule has 0 aliphatic heterocycles. The van der Waals surface area contributed by atoms with E-state index in [9.17, 15) is 18.0 Å². The summed E-state index contributed by atoms with van der Waals surface area (Å²) in [6.07, 6.45) is -0.865. The lowest BCUT2D eigenvalue weighted by Crippen LogP contribution is -2.27. The van der Waals surface area contributed by atoms with Gasteiger partial charge in [0.2, 0.25) is 5.82 Å². The van der Waals surface area contributed by atoms with Gasteiger partial charge in [-0.05, 0) is 45.0 Å². The zero-order valence-corrected chi connectivity index (χ0v) is 16.1. The molecule has 2 aromatic rings. The molecule has 1 N–H and O–H groups in total. The number of anilines is 1. The Morgan fingerprint density at radius 1 is 1.19 bits per heavy atom. The van der Waals surface area contributed by atoms with Crippen molar-refractivity contribution < 1.29 is 27.4 Å². The van der Waals surface area contributed by atoms with Gasteiger partial charge >= 0.3 is 12.7 Å². The zero-order chi connectivity index (χ0) is 20.8. The van der Waals surface area contributed by atoms with Crippen LogP contribution in [0.3, 0.4) is 0 Å². The second-order valence-corrected chi connectivity index (χ2v) is 6.16. The van der Waals surface area contributed by atoms with Crippen molar-refractivity contribution in [1.82, 2.24) is 9.78 Å². The van der Waals surface area contributed by atoms with Crippen LogP contribution >= 0.6 is 0 Å². The molecule has 1 aromatic carbocycles. The lowest BCUT2D eigenvalue weighted by atomic mass is 10.1. The molecule has 1 heterocycles. The van der Waals surface area contributed by atoms with Crippen molar-refractivity contribution in [3.8, 4) is 17.0 Å². The van der Waals surface area contributed by atoms with Crippen LogP contribution in [-0.2, 0) is 11.8 Å². The van der Waals surface area contributed by atoms with Gasteiger partial charge in [-0.3, -0.25) is 10.00 Å². The maximum absolute atomic E-state index is 13.1. The highest BCUT2D eigenvalue weighted by Gasteiger charge is 2.25. The number of aryl methyl sites for hydroxylation is 1. The maximum Gasteiger partial charge on any atom is 0.413 e. The largest absolute Gasteiger partial charge is 0.444 e. The molecule has 0 saturated carbocycles. The van der Waals surface area contributed by atoms with Gasteiger partial charge < -0.3 is 9.47 Å². The highest BCUT2D eigenvalue weighted by molar-refractivity contribution is 5.88. The van der Waals surface area contributed by atoms with Gasteiger partial charge in [0.1, 0.15) is 17.1 Å². The third kappa shape index (κ3) is 6.50. The zero-order valence-electron chi connectivity index (χ0n) is 16.1. The fourth-order valence-corrected chi connectivity index (χ4v) is 2.11. The number of amides is 1. The first-order chi connectivity index (χ1) is 12.6. The van der Waals surface area contributed by atoms with Crippen LogP contribution in [0.25, 0.3) is 11.3 Å². The van der Waals surface area contributed by atoms with Crippen LogP contribution in [0.15, 0.2) is 24.3 Å². The Labute approximate surface area is 156 Å². The summed E-state index contributed by atoms with van der Waals surface area (Å²) in [4.78, 5) is 11.9. The molecule has 0 bridgehead atoms. The van der Waals surface area contributed by atoms with Gasteiger partial charge in [0.25, 0.3) is 0 Å². The maximum atomic E-state index is 13.1. The number of carbonyl (C=O) groups is 1. The first kappa shape index (κ1) is 22.3. The Hall–Kier alpha value is -2.71. The minimum Gasteiger partial charge on any atom is -0.444 e. The summed E-state index contributed by atoms with van der Waals surface area (Å²) < 4.78 is 49.6. The van der Waals surface area contributed by atoms with Gasteiger partial charge in [-0.15, -0.1) is 0 Å².